The Bertz CT molecular complexity index is 2600. The Balaban J connectivity index is 1.02. The Hall–Kier alpha value is -4.54. The van der Waals surface area contributed by atoms with Gasteiger partial charge in [0.25, 0.3) is 11.1 Å². The third kappa shape index (κ3) is 7.38. The minimum atomic E-state index is -0.0951. The molecule has 0 saturated carbocycles. The van der Waals surface area contributed by atoms with Gasteiger partial charge in [0.2, 0.25) is 11.8 Å². The summed E-state index contributed by atoms with van der Waals surface area (Å²) in [6, 6.07) is 16.1. The van der Waals surface area contributed by atoms with Gasteiger partial charge in [0, 0.05) is 68.0 Å². The van der Waals surface area contributed by atoms with Crippen molar-refractivity contribution in [2.24, 2.45) is 0 Å². The summed E-state index contributed by atoms with van der Waals surface area (Å²) in [4.78, 5) is 55.9. The molecule has 6 heterocycles. The summed E-state index contributed by atoms with van der Waals surface area (Å²) in [6.07, 6.45) is 16.5. The van der Waals surface area contributed by atoms with Crippen molar-refractivity contribution in [3.63, 3.8) is 0 Å². The van der Waals surface area contributed by atoms with Gasteiger partial charge in [0.05, 0.1) is 31.5 Å². The van der Waals surface area contributed by atoms with Crippen molar-refractivity contribution in [2.45, 2.75) is 117 Å². The van der Waals surface area contributed by atoms with Crippen molar-refractivity contribution >= 4 is 98.3 Å². The van der Waals surface area contributed by atoms with Crippen LogP contribution in [0.1, 0.15) is 113 Å². The SMILES string of the molecule is CCCCCCCCNC(=O)CCc1cc2c(cc3c4ccc5c6c(ccc(c(=O)n23)c46)c(=O)n2c3cc(CCC(=O)NCCCCCCCC)sc3cc52)s1. The van der Waals surface area contributed by atoms with Crippen molar-refractivity contribution in [1.82, 2.24) is 19.4 Å². The molecule has 0 radical (unpaired) electrons. The first-order valence-corrected chi connectivity index (χ1v) is 22.5. The van der Waals surface area contributed by atoms with E-state index in [0.717, 1.165) is 102 Å². The molecule has 0 saturated heterocycles. The molecule has 0 aliphatic rings. The van der Waals surface area contributed by atoms with Crippen LogP contribution in [0.5, 0.6) is 0 Å². The highest BCUT2D eigenvalue weighted by Gasteiger charge is 2.22. The van der Waals surface area contributed by atoms with Gasteiger partial charge in [0.15, 0.2) is 0 Å². The molecule has 6 aromatic heterocycles. The van der Waals surface area contributed by atoms with E-state index in [1.807, 2.05) is 20.9 Å². The molecule has 0 fully saturated rings. The van der Waals surface area contributed by atoms with Gasteiger partial charge in [-0.1, -0.05) is 90.2 Å². The number of pyridine rings is 2. The highest BCUT2D eigenvalue weighted by molar-refractivity contribution is 7.19. The second kappa shape index (κ2) is 16.9. The largest absolute Gasteiger partial charge is 0.356 e. The van der Waals surface area contributed by atoms with Crippen molar-refractivity contribution < 1.29 is 9.59 Å². The summed E-state index contributed by atoms with van der Waals surface area (Å²) in [5, 5.41) is 10.9. The summed E-state index contributed by atoms with van der Waals surface area (Å²) >= 11 is 3.28. The van der Waals surface area contributed by atoms with Crippen LogP contribution in [0.15, 0.2) is 58.1 Å². The number of aromatic nitrogens is 2. The van der Waals surface area contributed by atoms with Crippen LogP contribution in [-0.4, -0.2) is 33.7 Å². The van der Waals surface area contributed by atoms with E-state index in [0.29, 0.717) is 36.5 Å². The Kier molecular flexibility index (Phi) is 11.6. The Labute approximate surface area is 334 Å². The first-order chi connectivity index (χ1) is 27.4. The molecule has 2 amide bonds. The van der Waals surface area contributed by atoms with Gasteiger partial charge in [-0.15, -0.1) is 22.7 Å². The maximum atomic E-state index is 14.3. The first kappa shape index (κ1) is 38.3. The van der Waals surface area contributed by atoms with Gasteiger partial charge in [-0.2, -0.15) is 0 Å². The maximum absolute atomic E-state index is 14.3. The first-order valence-electron chi connectivity index (χ1n) is 20.9. The molecule has 2 aromatic carbocycles. The van der Waals surface area contributed by atoms with Crippen LogP contribution >= 0.6 is 22.7 Å². The Morgan fingerprint density at radius 3 is 1.34 bits per heavy atom. The van der Waals surface area contributed by atoms with Crippen LogP contribution < -0.4 is 21.8 Å². The minimum Gasteiger partial charge on any atom is -0.356 e. The van der Waals surface area contributed by atoms with Crippen LogP contribution in [0.3, 0.4) is 0 Å². The quantitative estimate of drug-likeness (QED) is 0.0593. The van der Waals surface area contributed by atoms with Crippen molar-refractivity contribution in [3.05, 3.63) is 79.0 Å². The van der Waals surface area contributed by atoms with E-state index in [-0.39, 0.29) is 22.9 Å². The molecule has 2 N–H and O–H groups in total. The van der Waals surface area contributed by atoms with Crippen LogP contribution in [-0.2, 0) is 22.4 Å². The number of hydrogen-bond donors (Lipinski definition) is 2. The number of rotatable bonds is 20. The van der Waals surface area contributed by atoms with E-state index in [2.05, 4.69) is 60.9 Å². The highest BCUT2D eigenvalue weighted by atomic mass is 32.1. The summed E-state index contributed by atoms with van der Waals surface area (Å²) in [5.74, 6) is 0.149. The predicted octanol–water partition coefficient (Wildman–Crippen LogP) is 10.5. The third-order valence-corrected chi connectivity index (χ3v) is 13.8. The summed E-state index contributed by atoms with van der Waals surface area (Å²) in [6.45, 7) is 5.89. The number of nitrogens with zero attached hydrogens (tertiary/aromatic N) is 2. The fraction of sp³-hybridized carbons (Fsp3) is 0.435. The predicted molar refractivity (Wildman–Crippen MR) is 236 cm³/mol. The number of carbonyl (C=O) groups excluding carboxylic acids is 2. The lowest BCUT2D eigenvalue weighted by Gasteiger charge is -2.13. The molecule has 0 atom stereocenters. The van der Waals surface area contributed by atoms with Crippen molar-refractivity contribution in [1.29, 1.82) is 0 Å². The fourth-order valence-electron chi connectivity index (χ4n) is 8.60. The number of hydrogen-bond acceptors (Lipinski definition) is 6. The highest BCUT2D eigenvalue weighted by Crippen LogP contribution is 2.40. The minimum absolute atomic E-state index is 0.0745. The van der Waals surface area contributed by atoms with Gasteiger partial charge in [-0.25, -0.2) is 0 Å². The second-order valence-electron chi connectivity index (χ2n) is 15.6. The van der Waals surface area contributed by atoms with Crippen LogP contribution in [0.25, 0.3) is 63.8 Å². The van der Waals surface area contributed by atoms with Gasteiger partial charge in [-0.05, 0) is 62.1 Å². The number of thiophene rings is 2. The summed E-state index contributed by atoms with van der Waals surface area (Å²) < 4.78 is 5.66. The lowest BCUT2D eigenvalue weighted by atomic mass is 9.95. The number of nitrogens with one attached hydrogen (secondary N) is 2. The second-order valence-corrected chi connectivity index (χ2v) is 17.9. The standard InChI is InChI=1S/C46H52N4O4S2/c1-3-5-7-9-11-13-23-47-41(51)21-15-29-25-37-39(55-29)27-35-31-17-18-32-36-28-40-38(26-30(56-40)16-22-42(52)48-24-14-12-10-8-6-4-2)50(36)46(54)34-20-19-33(43(31)44(32)34)45(53)49(35)37/h17-20,25-28H,3-16,21-24H2,1-2H3,(H,47,51)(H,48,52). The zero-order chi connectivity index (χ0) is 38.8. The molecule has 292 valence electrons. The van der Waals surface area contributed by atoms with E-state index in [9.17, 15) is 19.2 Å². The molecule has 0 aliphatic heterocycles. The molecule has 8 rings (SSSR count). The molecule has 8 aromatic rings. The molecular weight excluding hydrogens is 737 g/mol. The van der Waals surface area contributed by atoms with Crippen LogP contribution in [0, 0.1) is 0 Å². The average Bonchev–Trinajstić information content (AvgIpc) is 3.96. The zero-order valence-corrected chi connectivity index (χ0v) is 34.3. The van der Waals surface area contributed by atoms with Crippen molar-refractivity contribution in [2.75, 3.05) is 13.1 Å². The topological polar surface area (TPSA) is 101 Å². The normalized spacial score (nSPS) is 12.2. The Morgan fingerprint density at radius 2 is 0.911 bits per heavy atom. The molecule has 0 aliphatic carbocycles. The van der Waals surface area contributed by atoms with E-state index < -0.39 is 0 Å². The van der Waals surface area contributed by atoms with Gasteiger partial charge in [-0.3, -0.25) is 28.0 Å². The molecule has 8 nitrogen and oxygen atoms in total. The smallest absolute Gasteiger partial charge is 0.263 e. The van der Waals surface area contributed by atoms with E-state index in [1.54, 1.807) is 22.7 Å². The lowest BCUT2D eigenvalue weighted by molar-refractivity contribution is -0.121. The molecule has 0 unspecified atom stereocenters. The number of fused-ring (bicyclic) bond motifs is 8. The van der Waals surface area contributed by atoms with Gasteiger partial charge < -0.3 is 10.6 Å². The maximum Gasteiger partial charge on any atom is 0.263 e. The van der Waals surface area contributed by atoms with Crippen LogP contribution in [0.4, 0.5) is 0 Å². The van der Waals surface area contributed by atoms with E-state index in [4.69, 9.17) is 0 Å². The number of aryl methyl sites for hydroxylation is 2. The van der Waals surface area contributed by atoms with Crippen molar-refractivity contribution in [3.8, 4) is 0 Å². The summed E-state index contributed by atoms with van der Waals surface area (Å²) in [7, 11) is 0. The fourth-order valence-corrected chi connectivity index (χ4v) is 10.8. The monoisotopic (exact) mass is 788 g/mol. The third-order valence-electron chi connectivity index (χ3n) is 11.6. The lowest BCUT2D eigenvalue weighted by Crippen LogP contribution is -2.24. The average molecular weight is 789 g/mol. The Morgan fingerprint density at radius 1 is 0.518 bits per heavy atom. The number of carbonyl (C=O) groups is 2. The van der Waals surface area contributed by atoms with E-state index >= 15 is 0 Å². The van der Waals surface area contributed by atoms with Gasteiger partial charge >= 0.3 is 0 Å². The zero-order valence-electron chi connectivity index (χ0n) is 32.7. The number of benzene rings is 2. The summed E-state index contributed by atoms with van der Waals surface area (Å²) in [5.41, 5.74) is 3.22. The molecule has 10 heteroatoms. The molecule has 56 heavy (non-hydrogen) atoms. The molecule has 0 spiro atoms. The molecular formula is C46H52N4O4S2. The number of unbranched alkanes of at least 4 members (excludes halogenated alkanes) is 10. The van der Waals surface area contributed by atoms with Gasteiger partial charge in [0.1, 0.15) is 0 Å². The molecule has 0 bridgehead atoms. The van der Waals surface area contributed by atoms with E-state index in [1.165, 1.54) is 51.4 Å². The number of amides is 2. The van der Waals surface area contributed by atoms with Crippen LogP contribution in [0.2, 0.25) is 0 Å².